The van der Waals surface area contributed by atoms with Crippen molar-refractivity contribution < 1.29 is 4.79 Å². The van der Waals surface area contributed by atoms with Crippen LogP contribution in [0.4, 0.5) is 0 Å². The number of nitrogens with zero attached hydrogens (tertiary/aromatic N) is 4. The van der Waals surface area contributed by atoms with E-state index < -0.39 is 0 Å². The first-order valence-corrected chi connectivity index (χ1v) is 5.47. The second kappa shape index (κ2) is 3.90. The number of rotatable bonds is 1. The van der Waals surface area contributed by atoms with E-state index in [1.165, 1.54) is 0 Å². The van der Waals surface area contributed by atoms with Crippen molar-refractivity contribution >= 4 is 5.91 Å². The summed E-state index contributed by atoms with van der Waals surface area (Å²) >= 11 is 0. The Bertz CT molecular complexity index is 383. The van der Waals surface area contributed by atoms with Gasteiger partial charge in [-0.05, 0) is 20.0 Å². The Hall–Kier alpha value is -1.36. The molecule has 0 fully saturated rings. The standard InChI is InChI=1S/C11H18N4O/c1-8-6-15-9(7-14(8)4)5-10(12-15)11(16)13(2)3/h5,8H,6-7H2,1-4H3. The Morgan fingerprint density at radius 3 is 2.88 bits per heavy atom. The minimum atomic E-state index is -0.0304. The lowest BCUT2D eigenvalue weighted by Crippen LogP contribution is -2.38. The van der Waals surface area contributed by atoms with E-state index in [2.05, 4.69) is 24.0 Å². The first kappa shape index (κ1) is 11.1. The highest BCUT2D eigenvalue weighted by Gasteiger charge is 2.23. The normalized spacial score (nSPS) is 20.6. The van der Waals surface area contributed by atoms with Crippen LogP contribution in [0.2, 0.25) is 0 Å². The van der Waals surface area contributed by atoms with Gasteiger partial charge < -0.3 is 4.90 Å². The van der Waals surface area contributed by atoms with E-state index in [9.17, 15) is 4.79 Å². The van der Waals surface area contributed by atoms with Crippen LogP contribution in [0.5, 0.6) is 0 Å². The van der Waals surface area contributed by atoms with E-state index in [1.807, 2.05) is 10.7 Å². The smallest absolute Gasteiger partial charge is 0.273 e. The summed E-state index contributed by atoms with van der Waals surface area (Å²) in [4.78, 5) is 15.6. The van der Waals surface area contributed by atoms with Gasteiger partial charge in [-0.2, -0.15) is 5.10 Å². The highest BCUT2D eigenvalue weighted by Crippen LogP contribution is 2.16. The summed E-state index contributed by atoms with van der Waals surface area (Å²) in [5, 5.41) is 4.36. The molecule has 0 saturated heterocycles. The number of carbonyl (C=O) groups excluding carboxylic acids is 1. The number of likely N-dealkylation sites (N-methyl/N-ethyl adjacent to an activating group) is 1. The summed E-state index contributed by atoms with van der Waals surface area (Å²) in [5.41, 5.74) is 1.66. The summed E-state index contributed by atoms with van der Waals surface area (Å²) < 4.78 is 1.95. The molecule has 1 atom stereocenters. The average Bonchev–Trinajstić information content (AvgIpc) is 2.60. The third-order valence-electron chi connectivity index (χ3n) is 3.09. The quantitative estimate of drug-likeness (QED) is 0.691. The van der Waals surface area contributed by atoms with Gasteiger partial charge in [-0.25, -0.2) is 0 Å². The van der Waals surface area contributed by atoms with Crippen LogP contribution < -0.4 is 0 Å². The molecule has 0 aliphatic carbocycles. The topological polar surface area (TPSA) is 41.4 Å². The summed E-state index contributed by atoms with van der Waals surface area (Å²) in [7, 11) is 5.58. The molecule has 0 saturated carbocycles. The Morgan fingerprint density at radius 1 is 1.56 bits per heavy atom. The molecule has 16 heavy (non-hydrogen) atoms. The molecule has 1 aromatic rings. The van der Waals surface area contributed by atoms with Gasteiger partial charge in [0.15, 0.2) is 5.69 Å². The minimum Gasteiger partial charge on any atom is -0.343 e. The molecule has 1 aromatic heterocycles. The zero-order chi connectivity index (χ0) is 11.9. The van der Waals surface area contributed by atoms with Crippen molar-refractivity contribution in [3.8, 4) is 0 Å². The monoisotopic (exact) mass is 222 g/mol. The van der Waals surface area contributed by atoms with Gasteiger partial charge in [0.25, 0.3) is 5.91 Å². The van der Waals surface area contributed by atoms with E-state index in [0.717, 1.165) is 18.8 Å². The zero-order valence-corrected chi connectivity index (χ0v) is 10.3. The van der Waals surface area contributed by atoms with Gasteiger partial charge in [0.2, 0.25) is 0 Å². The molecular formula is C11H18N4O. The van der Waals surface area contributed by atoms with Gasteiger partial charge in [-0.15, -0.1) is 0 Å². The molecule has 1 aliphatic rings. The molecule has 0 spiro atoms. The van der Waals surface area contributed by atoms with Crippen LogP contribution in [-0.4, -0.2) is 52.7 Å². The molecule has 1 amide bonds. The third-order valence-corrected chi connectivity index (χ3v) is 3.09. The van der Waals surface area contributed by atoms with Crippen LogP contribution in [-0.2, 0) is 13.1 Å². The number of fused-ring (bicyclic) bond motifs is 1. The molecule has 1 aliphatic heterocycles. The molecule has 2 rings (SSSR count). The fourth-order valence-corrected chi connectivity index (χ4v) is 1.88. The largest absolute Gasteiger partial charge is 0.343 e. The molecule has 0 aromatic carbocycles. The van der Waals surface area contributed by atoms with Crippen molar-refractivity contribution in [1.82, 2.24) is 19.6 Å². The Morgan fingerprint density at radius 2 is 2.25 bits per heavy atom. The number of hydrogen-bond acceptors (Lipinski definition) is 3. The molecule has 5 heteroatoms. The molecule has 0 N–H and O–H groups in total. The summed E-state index contributed by atoms with van der Waals surface area (Å²) in [5.74, 6) is -0.0304. The van der Waals surface area contributed by atoms with Crippen molar-refractivity contribution in [2.45, 2.75) is 26.1 Å². The lowest BCUT2D eigenvalue weighted by Gasteiger charge is -2.30. The van der Waals surface area contributed by atoms with Crippen molar-refractivity contribution in [1.29, 1.82) is 0 Å². The molecule has 5 nitrogen and oxygen atoms in total. The Balaban J connectivity index is 2.28. The van der Waals surface area contributed by atoms with Crippen LogP contribution >= 0.6 is 0 Å². The summed E-state index contributed by atoms with van der Waals surface area (Å²) in [6.45, 7) is 3.87. The fourth-order valence-electron chi connectivity index (χ4n) is 1.88. The molecule has 2 heterocycles. The fraction of sp³-hybridized carbons (Fsp3) is 0.636. The summed E-state index contributed by atoms with van der Waals surface area (Å²) in [6, 6.07) is 2.36. The van der Waals surface area contributed by atoms with E-state index in [-0.39, 0.29) is 5.91 Å². The van der Waals surface area contributed by atoms with Gasteiger partial charge in [0.1, 0.15) is 0 Å². The Labute approximate surface area is 95.6 Å². The SMILES string of the molecule is CC1Cn2nc(C(=O)N(C)C)cc2CN1C. The van der Waals surface area contributed by atoms with E-state index >= 15 is 0 Å². The molecule has 1 unspecified atom stereocenters. The molecule has 0 radical (unpaired) electrons. The molecule has 0 bridgehead atoms. The Kier molecular flexibility index (Phi) is 2.71. The van der Waals surface area contributed by atoms with Crippen molar-refractivity contribution in [3.63, 3.8) is 0 Å². The third kappa shape index (κ3) is 1.82. The van der Waals surface area contributed by atoms with Gasteiger partial charge >= 0.3 is 0 Å². The van der Waals surface area contributed by atoms with Gasteiger partial charge in [0, 0.05) is 26.7 Å². The van der Waals surface area contributed by atoms with Crippen LogP contribution in [0.25, 0.3) is 0 Å². The predicted octanol–water partition coefficient (Wildman–Crippen LogP) is 0.419. The molecular weight excluding hydrogens is 204 g/mol. The number of amides is 1. The lowest BCUT2D eigenvalue weighted by molar-refractivity contribution is 0.0820. The first-order valence-electron chi connectivity index (χ1n) is 5.47. The second-order valence-corrected chi connectivity index (χ2v) is 4.67. The predicted molar refractivity (Wildman–Crippen MR) is 61.2 cm³/mol. The van der Waals surface area contributed by atoms with Gasteiger partial charge in [-0.3, -0.25) is 14.4 Å². The van der Waals surface area contributed by atoms with Crippen molar-refractivity contribution in [3.05, 3.63) is 17.5 Å². The molecule has 88 valence electrons. The van der Waals surface area contributed by atoms with Crippen LogP contribution in [0.3, 0.4) is 0 Å². The van der Waals surface area contributed by atoms with Crippen LogP contribution in [0.15, 0.2) is 6.07 Å². The zero-order valence-electron chi connectivity index (χ0n) is 10.3. The lowest BCUT2D eigenvalue weighted by atomic mass is 10.2. The average molecular weight is 222 g/mol. The number of hydrogen-bond donors (Lipinski definition) is 0. The highest BCUT2D eigenvalue weighted by atomic mass is 16.2. The highest BCUT2D eigenvalue weighted by molar-refractivity contribution is 5.92. The maximum absolute atomic E-state index is 11.8. The minimum absolute atomic E-state index is 0.0304. The maximum atomic E-state index is 11.8. The van der Waals surface area contributed by atoms with Crippen molar-refractivity contribution in [2.24, 2.45) is 0 Å². The van der Waals surface area contributed by atoms with Crippen molar-refractivity contribution in [2.75, 3.05) is 21.1 Å². The number of aromatic nitrogens is 2. The maximum Gasteiger partial charge on any atom is 0.273 e. The first-order chi connectivity index (χ1) is 7.49. The summed E-state index contributed by atoms with van der Waals surface area (Å²) in [6.07, 6.45) is 0. The van der Waals surface area contributed by atoms with E-state index in [4.69, 9.17) is 0 Å². The van der Waals surface area contributed by atoms with Crippen LogP contribution in [0.1, 0.15) is 23.1 Å². The van der Waals surface area contributed by atoms with Gasteiger partial charge in [0.05, 0.1) is 12.2 Å². The van der Waals surface area contributed by atoms with E-state index in [0.29, 0.717) is 11.7 Å². The van der Waals surface area contributed by atoms with Gasteiger partial charge in [-0.1, -0.05) is 0 Å². The van der Waals surface area contributed by atoms with Crippen LogP contribution in [0, 0.1) is 0 Å². The number of carbonyl (C=O) groups is 1. The van der Waals surface area contributed by atoms with E-state index in [1.54, 1.807) is 19.0 Å². The second-order valence-electron chi connectivity index (χ2n) is 4.67.